The number of hydrogen-bond acceptors (Lipinski definition) is 1. The highest BCUT2D eigenvalue weighted by atomic mass is 79.9. The van der Waals surface area contributed by atoms with Crippen molar-refractivity contribution in [3.8, 4) is 0 Å². The van der Waals surface area contributed by atoms with Crippen molar-refractivity contribution in [3.05, 3.63) is 34.3 Å². The van der Waals surface area contributed by atoms with Crippen molar-refractivity contribution in [2.45, 2.75) is 39.0 Å². The molecule has 0 heterocycles. The summed E-state index contributed by atoms with van der Waals surface area (Å²) >= 11 is 3.56. The fourth-order valence-electron chi connectivity index (χ4n) is 2.20. The van der Waals surface area contributed by atoms with Gasteiger partial charge in [-0.15, -0.1) is 0 Å². The molecule has 0 radical (unpaired) electrons. The minimum atomic E-state index is 0.233. The van der Waals surface area contributed by atoms with E-state index >= 15 is 0 Å². The first kappa shape index (κ1) is 13.7. The molecular weight excluding hydrogens is 264 g/mol. The lowest BCUT2D eigenvalue weighted by Crippen LogP contribution is -2.09. The first-order valence-electron chi connectivity index (χ1n) is 6.04. The molecule has 2 atom stereocenters. The lowest BCUT2D eigenvalue weighted by Gasteiger charge is -2.20. The molecule has 16 heavy (non-hydrogen) atoms. The van der Waals surface area contributed by atoms with Gasteiger partial charge in [-0.05, 0) is 24.0 Å². The Morgan fingerprint density at radius 1 is 1.31 bits per heavy atom. The molecule has 90 valence electrons. The van der Waals surface area contributed by atoms with Crippen LogP contribution in [0.15, 0.2) is 28.7 Å². The maximum atomic E-state index is 9.50. The Hall–Kier alpha value is -0.340. The summed E-state index contributed by atoms with van der Waals surface area (Å²) < 4.78 is 1.11. The van der Waals surface area contributed by atoms with Crippen molar-refractivity contribution in [1.82, 2.24) is 0 Å². The highest BCUT2D eigenvalue weighted by Crippen LogP contribution is 2.30. The summed E-state index contributed by atoms with van der Waals surface area (Å²) in [5.74, 6) is 0.936. The molecule has 1 N–H and O–H groups in total. The first-order chi connectivity index (χ1) is 7.69. The van der Waals surface area contributed by atoms with Crippen molar-refractivity contribution >= 4 is 15.9 Å². The number of hydrogen-bond donors (Lipinski definition) is 1. The molecule has 0 aliphatic rings. The van der Waals surface area contributed by atoms with E-state index < -0.39 is 0 Å². The third-order valence-corrected chi connectivity index (χ3v) is 3.76. The summed E-state index contributed by atoms with van der Waals surface area (Å²) in [6, 6.07) is 8.19. The summed E-state index contributed by atoms with van der Waals surface area (Å²) in [5, 5.41) is 9.50. The van der Waals surface area contributed by atoms with Gasteiger partial charge >= 0.3 is 0 Å². The summed E-state index contributed by atoms with van der Waals surface area (Å²) in [4.78, 5) is 0. The predicted octanol–water partition coefficient (Wildman–Crippen LogP) is 4.35. The number of rotatable bonds is 6. The van der Waals surface area contributed by atoms with Crippen molar-refractivity contribution in [2.24, 2.45) is 5.92 Å². The van der Waals surface area contributed by atoms with E-state index in [-0.39, 0.29) is 12.5 Å². The number of halogens is 1. The van der Waals surface area contributed by atoms with Crippen molar-refractivity contribution in [1.29, 1.82) is 0 Å². The van der Waals surface area contributed by atoms with Crippen LogP contribution in [0.2, 0.25) is 0 Å². The summed E-state index contributed by atoms with van der Waals surface area (Å²) in [6.45, 7) is 4.71. The highest BCUT2D eigenvalue weighted by molar-refractivity contribution is 9.10. The molecule has 0 saturated carbocycles. The van der Waals surface area contributed by atoms with Gasteiger partial charge < -0.3 is 5.11 Å². The second-order valence-electron chi connectivity index (χ2n) is 4.53. The predicted molar refractivity (Wildman–Crippen MR) is 72.7 cm³/mol. The van der Waals surface area contributed by atoms with Crippen molar-refractivity contribution in [2.75, 3.05) is 6.61 Å². The van der Waals surface area contributed by atoms with Gasteiger partial charge in [-0.3, -0.25) is 0 Å². The summed E-state index contributed by atoms with van der Waals surface area (Å²) in [7, 11) is 0. The van der Waals surface area contributed by atoms with Crippen LogP contribution in [-0.2, 0) is 0 Å². The highest BCUT2D eigenvalue weighted by Gasteiger charge is 2.16. The van der Waals surface area contributed by atoms with Gasteiger partial charge in [0.05, 0.1) is 0 Å². The Bertz CT molecular complexity index is 311. The number of aliphatic hydroxyl groups is 1. The average molecular weight is 285 g/mol. The average Bonchev–Trinajstić information content (AvgIpc) is 2.27. The third kappa shape index (κ3) is 3.91. The van der Waals surface area contributed by atoms with Gasteiger partial charge in [0.25, 0.3) is 0 Å². The minimum Gasteiger partial charge on any atom is -0.396 e. The van der Waals surface area contributed by atoms with E-state index in [1.807, 2.05) is 18.2 Å². The van der Waals surface area contributed by atoms with Gasteiger partial charge in [0.2, 0.25) is 0 Å². The Morgan fingerprint density at radius 3 is 2.56 bits per heavy atom. The first-order valence-corrected chi connectivity index (χ1v) is 6.83. The molecule has 0 fully saturated rings. The Balaban J connectivity index is 2.71. The normalized spacial score (nSPS) is 14.8. The second kappa shape index (κ2) is 7.08. The molecule has 1 rings (SSSR count). The van der Waals surface area contributed by atoms with Crippen LogP contribution in [-0.4, -0.2) is 11.7 Å². The fraction of sp³-hybridized carbons (Fsp3) is 0.571. The van der Waals surface area contributed by atoms with Crippen LogP contribution in [0.5, 0.6) is 0 Å². The zero-order chi connectivity index (χ0) is 12.0. The molecule has 0 aliphatic carbocycles. The van der Waals surface area contributed by atoms with Crippen LogP contribution in [0.1, 0.15) is 44.6 Å². The van der Waals surface area contributed by atoms with Gasteiger partial charge in [-0.2, -0.15) is 0 Å². The van der Waals surface area contributed by atoms with Gasteiger partial charge in [0, 0.05) is 17.0 Å². The number of benzene rings is 1. The van der Waals surface area contributed by atoms with Crippen LogP contribution in [0, 0.1) is 5.92 Å². The zero-order valence-corrected chi connectivity index (χ0v) is 11.7. The van der Waals surface area contributed by atoms with Gasteiger partial charge in [0.15, 0.2) is 0 Å². The lowest BCUT2D eigenvalue weighted by molar-refractivity contribution is 0.243. The minimum absolute atomic E-state index is 0.233. The molecular formula is C14H21BrO. The lowest BCUT2D eigenvalue weighted by atomic mass is 9.88. The Morgan fingerprint density at radius 2 is 2.00 bits per heavy atom. The molecule has 0 aromatic heterocycles. The molecule has 2 unspecified atom stereocenters. The van der Waals surface area contributed by atoms with E-state index in [2.05, 4.69) is 35.8 Å². The summed E-state index contributed by atoms with van der Waals surface area (Å²) in [5.41, 5.74) is 1.23. The van der Waals surface area contributed by atoms with Gasteiger partial charge in [-0.25, -0.2) is 0 Å². The van der Waals surface area contributed by atoms with E-state index in [1.165, 1.54) is 18.4 Å². The molecule has 1 aromatic rings. The van der Waals surface area contributed by atoms with E-state index in [0.717, 1.165) is 10.9 Å². The maximum Gasteiger partial charge on any atom is 0.0500 e. The SMILES string of the molecule is CCCC(C)CC(CO)c1ccccc1Br. The monoisotopic (exact) mass is 284 g/mol. The Labute approximate surface area is 107 Å². The largest absolute Gasteiger partial charge is 0.396 e. The smallest absolute Gasteiger partial charge is 0.0500 e. The van der Waals surface area contributed by atoms with Crippen LogP contribution in [0.3, 0.4) is 0 Å². The van der Waals surface area contributed by atoms with Crippen molar-refractivity contribution in [3.63, 3.8) is 0 Å². The Kier molecular flexibility index (Phi) is 6.07. The zero-order valence-electron chi connectivity index (χ0n) is 10.1. The van der Waals surface area contributed by atoms with E-state index in [9.17, 15) is 5.11 Å². The van der Waals surface area contributed by atoms with Gasteiger partial charge in [-0.1, -0.05) is 60.8 Å². The number of aliphatic hydroxyl groups excluding tert-OH is 1. The van der Waals surface area contributed by atoms with E-state index in [4.69, 9.17) is 0 Å². The molecule has 2 heteroatoms. The standard InChI is InChI=1S/C14H21BrO/c1-3-6-11(2)9-12(10-16)13-7-4-5-8-14(13)15/h4-5,7-8,11-12,16H,3,6,9-10H2,1-2H3. The molecule has 0 bridgehead atoms. The topological polar surface area (TPSA) is 20.2 Å². The molecule has 0 amide bonds. The maximum absolute atomic E-state index is 9.50. The molecule has 1 aromatic carbocycles. The van der Waals surface area contributed by atoms with Crippen LogP contribution in [0.4, 0.5) is 0 Å². The second-order valence-corrected chi connectivity index (χ2v) is 5.38. The third-order valence-electron chi connectivity index (χ3n) is 3.03. The quantitative estimate of drug-likeness (QED) is 0.823. The van der Waals surface area contributed by atoms with Crippen LogP contribution < -0.4 is 0 Å². The molecule has 1 nitrogen and oxygen atoms in total. The van der Waals surface area contributed by atoms with Crippen LogP contribution in [0.25, 0.3) is 0 Å². The van der Waals surface area contributed by atoms with E-state index in [0.29, 0.717) is 5.92 Å². The molecule has 0 spiro atoms. The van der Waals surface area contributed by atoms with E-state index in [1.54, 1.807) is 0 Å². The molecule has 0 aliphatic heterocycles. The molecule has 0 saturated heterocycles. The van der Waals surface area contributed by atoms with Crippen LogP contribution >= 0.6 is 15.9 Å². The van der Waals surface area contributed by atoms with Crippen molar-refractivity contribution < 1.29 is 5.11 Å². The van der Waals surface area contributed by atoms with Gasteiger partial charge in [0.1, 0.15) is 0 Å². The fourth-order valence-corrected chi connectivity index (χ4v) is 2.81. The summed E-state index contributed by atoms with van der Waals surface area (Å²) in [6.07, 6.45) is 3.52.